The van der Waals surface area contributed by atoms with Crippen molar-refractivity contribution in [3.63, 3.8) is 0 Å². The normalized spacial score (nSPS) is 9.67. The van der Waals surface area contributed by atoms with Crippen molar-refractivity contribution in [2.24, 2.45) is 5.73 Å². The molecule has 15 heavy (non-hydrogen) atoms. The lowest BCUT2D eigenvalue weighted by Crippen LogP contribution is -2.28. The van der Waals surface area contributed by atoms with E-state index >= 15 is 0 Å². The van der Waals surface area contributed by atoms with Gasteiger partial charge in [-0.25, -0.2) is 0 Å². The van der Waals surface area contributed by atoms with Crippen LogP contribution in [-0.2, 0) is 0 Å². The first kappa shape index (κ1) is 11.6. The van der Waals surface area contributed by atoms with Crippen molar-refractivity contribution in [3.8, 4) is 0 Å². The van der Waals surface area contributed by atoms with Crippen molar-refractivity contribution < 1.29 is 4.79 Å². The number of hydrogen-bond acceptors (Lipinski definition) is 3. The highest BCUT2D eigenvalue weighted by molar-refractivity contribution is 7.80. The Balaban J connectivity index is 2.54. The van der Waals surface area contributed by atoms with Gasteiger partial charge in [-0.3, -0.25) is 9.78 Å². The maximum absolute atomic E-state index is 11.6. The highest BCUT2D eigenvalue weighted by Crippen LogP contribution is 2.02. The van der Waals surface area contributed by atoms with E-state index in [0.717, 1.165) is 5.56 Å². The minimum absolute atomic E-state index is 0.190. The number of thiocarbonyl (C=S) groups is 1. The topological polar surface area (TPSA) is 68.0 Å². The molecule has 1 rings (SSSR count). The molecule has 0 atom stereocenters. The number of hydrogen-bond donors (Lipinski definition) is 2. The van der Waals surface area contributed by atoms with E-state index in [1.54, 1.807) is 12.3 Å². The fraction of sp³-hybridized carbons (Fsp3) is 0.300. The lowest BCUT2D eigenvalue weighted by Gasteiger charge is -2.05. The lowest BCUT2D eigenvalue weighted by atomic mass is 10.2. The summed E-state index contributed by atoms with van der Waals surface area (Å²) in [5, 5.41) is 2.70. The first-order chi connectivity index (χ1) is 7.11. The third kappa shape index (κ3) is 3.63. The van der Waals surface area contributed by atoms with Crippen LogP contribution in [-0.4, -0.2) is 22.4 Å². The molecule has 1 heterocycles. The molecule has 0 aliphatic carbocycles. The molecule has 1 aromatic rings. The van der Waals surface area contributed by atoms with Crippen LogP contribution in [0.15, 0.2) is 18.3 Å². The third-order valence-electron chi connectivity index (χ3n) is 1.88. The van der Waals surface area contributed by atoms with Crippen LogP contribution in [0.4, 0.5) is 0 Å². The van der Waals surface area contributed by atoms with E-state index in [9.17, 15) is 4.79 Å². The van der Waals surface area contributed by atoms with E-state index in [-0.39, 0.29) is 5.91 Å². The number of carbonyl (C=O) groups excluding carboxylic acids is 1. The van der Waals surface area contributed by atoms with Gasteiger partial charge in [0.1, 0.15) is 5.69 Å². The Morgan fingerprint density at radius 2 is 2.40 bits per heavy atom. The molecule has 0 saturated carbocycles. The zero-order valence-electron chi connectivity index (χ0n) is 8.49. The molecule has 0 aromatic carbocycles. The van der Waals surface area contributed by atoms with Crippen LogP contribution in [0.1, 0.15) is 22.5 Å². The van der Waals surface area contributed by atoms with Crippen molar-refractivity contribution >= 4 is 23.1 Å². The van der Waals surface area contributed by atoms with Crippen LogP contribution < -0.4 is 11.1 Å². The first-order valence-electron chi connectivity index (χ1n) is 4.59. The highest BCUT2D eigenvalue weighted by atomic mass is 32.1. The van der Waals surface area contributed by atoms with Gasteiger partial charge in [-0.2, -0.15) is 0 Å². The summed E-state index contributed by atoms with van der Waals surface area (Å²) in [6.07, 6.45) is 2.10. The van der Waals surface area contributed by atoms with Crippen molar-refractivity contribution in [2.75, 3.05) is 6.54 Å². The molecular formula is C10H13N3OS. The Morgan fingerprint density at radius 3 is 3.00 bits per heavy atom. The summed E-state index contributed by atoms with van der Waals surface area (Å²) < 4.78 is 0. The van der Waals surface area contributed by atoms with Gasteiger partial charge in [-0.05, 0) is 18.6 Å². The number of nitrogens with zero attached hydrogens (tertiary/aromatic N) is 1. The number of aryl methyl sites for hydroxylation is 1. The third-order valence-corrected chi connectivity index (χ3v) is 2.09. The largest absolute Gasteiger partial charge is 0.393 e. The summed E-state index contributed by atoms with van der Waals surface area (Å²) in [6.45, 7) is 2.29. The lowest BCUT2D eigenvalue weighted by molar-refractivity contribution is 0.0949. The summed E-state index contributed by atoms with van der Waals surface area (Å²) in [5.41, 5.74) is 6.61. The van der Waals surface area contributed by atoms with Gasteiger partial charge in [0.15, 0.2) is 0 Å². The number of aromatic nitrogens is 1. The number of rotatable bonds is 4. The van der Waals surface area contributed by atoms with Gasteiger partial charge >= 0.3 is 0 Å². The molecular weight excluding hydrogens is 210 g/mol. The predicted octanol–water partition coefficient (Wildman–Crippen LogP) is 0.796. The molecule has 0 aliphatic heterocycles. The zero-order valence-corrected chi connectivity index (χ0v) is 9.30. The number of nitrogens with two attached hydrogens (primary N) is 1. The molecule has 0 bridgehead atoms. The summed E-state index contributed by atoms with van der Waals surface area (Å²) >= 11 is 4.70. The molecule has 1 aromatic heterocycles. The maximum Gasteiger partial charge on any atom is 0.270 e. The fourth-order valence-electron chi connectivity index (χ4n) is 1.11. The molecule has 1 amide bonds. The van der Waals surface area contributed by atoms with E-state index < -0.39 is 0 Å². The maximum atomic E-state index is 11.6. The molecule has 80 valence electrons. The Kier molecular flexibility index (Phi) is 4.17. The molecule has 4 nitrogen and oxygen atoms in total. The summed E-state index contributed by atoms with van der Waals surface area (Å²) in [5.74, 6) is -0.190. The molecule has 0 aliphatic rings. The summed E-state index contributed by atoms with van der Waals surface area (Å²) in [6, 6.07) is 3.64. The summed E-state index contributed by atoms with van der Waals surface area (Å²) in [4.78, 5) is 16.0. The Labute approximate surface area is 93.9 Å². The minimum Gasteiger partial charge on any atom is -0.393 e. The van der Waals surface area contributed by atoms with Crippen molar-refractivity contribution in [3.05, 3.63) is 29.6 Å². The van der Waals surface area contributed by atoms with Crippen molar-refractivity contribution in [1.82, 2.24) is 10.3 Å². The molecule has 0 radical (unpaired) electrons. The van der Waals surface area contributed by atoms with E-state index in [1.807, 2.05) is 13.0 Å². The van der Waals surface area contributed by atoms with Gasteiger partial charge in [0.2, 0.25) is 0 Å². The molecule has 0 unspecified atom stereocenters. The first-order valence-corrected chi connectivity index (χ1v) is 5.00. The molecule has 3 N–H and O–H groups in total. The highest BCUT2D eigenvalue weighted by Gasteiger charge is 2.08. The number of carbonyl (C=O) groups is 1. The SMILES string of the molecule is Cc1cccnc1C(=O)NCCC(N)=S. The Morgan fingerprint density at radius 1 is 1.67 bits per heavy atom. The molecule has 0 spiro atoms. The second kappa shape index (κ2) is 5.41. The second-order valence-electron chi connectivity index (χ2n) is 3.14. The monoisotopic (exact) mass is 223 g/mol. The van der Waals surface area contributed by atoms with E-state index in [4.69, 9.17) is 18.0 Å². The van der Waals surface area contributed by atoms with Gasteiger partial charge in [-0.15, -0.1) is 0 Å². The van der Waals surface area contributed by atoms with Crippen molar-refractivity contribution in [2.45, 2.75) is 13.3 Å². The zero-order chi connectivity index (χ0) is 11.3. The van der Waals surface area contributed by atoms with Crippen LogP contribution in [0.5, 0.6) is 0 Å². The minimum atomic E-state index is -0.190. The predicted molar refractivity (Wildman–Crippen MR) is 62.7 cm³/mol. The van der Waals surface area contributed by atoms with Crippen molar-refractivity contribution in [1.29, 1.82) is 0 Å². The van der Waals surface area contributed by atoms with E-state index in [1.165, 1.54) is 0 Å². The van der Waals surface area contributed by atoms with Crippen LogP contribution in [0, 0.1) is 6.92 Å². The fourth-order valence-corrected chi connectivity index (χ4v) is 1.21. The smallest absolute Gasteiger partial charge is 0.270 e. The van der Waals surface area contributed by atoms with Gasteiger partial charge in [0.25, 0.3) is 5.91 Å². The summed E-state index contributed by atoms with van der Waals surface area (Å²) in [7, 11) is 0. The Hall–Kier alpha value is -1.49. The molecule has 5 heteroatoms. The van der Waals surface area contributed by atoms with Crippen LogP contribution in [0.25, 0.3) is 0 Å². The van der Waals surface area contributed by atoms with Gasteiger partial charge in [-0.1, -0.05) is 18.3 Å². The van der Waals surface area contributed by atoms with E-state index in [0.29, 0.717) is 23.6 Å². The van der Waals surface area contributed by atoms with Crippen LogP contribution in [0.3, 0.4) is 0 Å². The average molecular weight is 223 g/mol. The average Bonchev–Trinajstić information content (AvgIpc) is 2.17. The molecule has 0 fully saturated rings. The Bertz CT molecular complexity index is 379. The number of pyridine rings is 1. The van der Waals surface area contributed by atoms with Gasteiger partial charge in [0.05, 0.1) is 4.99 Å². The second-order valence-corrected chi connectivity index (χ2v) is 3.67. The number of amides is 1. The van der Waals surface area contributed by atoms with Crippen LogP contribution >= 0.6 is 12.2 Å². The quantitative estimate of drug-likeness (QED) is 0.741. The standard InChI is InChI=1S/C10H13N3OS/c1-7-3-2-5-12-9(7)10(14)13-6-4-8(11)15/h2-3,5H,4,6H2,1H3,(H2,11,15)(H,13,14). The molecule has 0 saturated heterocycles. The number of nitrogens with one attached hydrogen (secondary N) is 1. The van der Waals surface area contributed by atoms with Gasteiger partial charge < -0.3 is 11.1 Å². The van der Waals surface area contributed by atoms with E-state index in [2.05, 4.69) is 10.3 Å². The van der Waals surface area contributed by atoms with Crippen LogP contribution in [0.2, 0.25) is 0 Å². The van der Waals surface area contributed by atoms with Gasteiger partial charge in [0, 0.05) is 19.2 Å².